The van der Waals surface area contributed by atoms with Crippen LogP contribution < -0.4 is 5.32 Å². The largest absolute Gasteiger partial charge is 0.480 e. The Morgan fingerprint density at radius 1 is 1.33 bits per heavy atom. The van der Waals surface area contributed by atoms with Crippen LogP contribution in [0.5, 0.6) is 0 Å². The number of carboxylic acid groups (broad SMARTS) is 1. The van der Waals surface area contributed by atoms with E-state index in [1.807, 2.05) is 0 Å². The summed E-state index contributed by atoms with van der Waals surface area (Å²) in [4.78, 5) is 23.9. The fourth-order valence-corrected chi connectivity index (χ4v) is 1.93. The number of hydrogen-bond acceptors (Lipinski definition) is 2. The van der Waals surface area contributed by atoms with Crippen molar-refractivity contribution in [1.82, 2.24) is 4.90 Å². The van der Waals surface area contributed by atoms with Crippen LogP contribution in [0.1, 0.15) is 18.4 Å². The maximum Gasteiger partial charge on any atom is 0.323 e. The molecule has 7 heteroatoms. The molecule has 2 amide bonds. The first-order valence-corrected chi connectivity index (χ1v) is 6.60. The number of rotatable bonds is 5. The average Bonchev–Trinajstić information content (AvgIpc) is 3.18. The summed E-state index contributed by atoms with van der Waals surface area (Å²) in [6, 6.07) is 1.12. The van der Waals surface area contributed by atoms with E-state index in [0.29, 0.717) is 6.54 Å². The predicted octanol–water partition coefficient (Wildman–Crippen LogP) is 2.60. The Morgan fingerprint density at radius 3 is 2.57 bits per heavy atom. The molecule has 0 atom stereocenters. The molecular formula is C14H16F2N2O3. The summed E-state index contributed by atoms with van der Waals surface area (Å²) in [6.45, 7) is 1.24. The molecule has 21 heavy (non-hydrogen) atoms. The topological polar surface area (TPSA) is 69.6 Å². The molecule has 1 aliphatic rings. The Balaban J connectivity index is 2.10. The molecule has 0 aromatic heterocycles. The van der Waals surface area contributed by atoms with E-state index in [1.54, 1.807) is 0 Å². The van der Waals surface area contributed by atoms with Crippen LogP contribution in [0.4, 0.5) is 19.3 Å². The van der Waals surface area contributed by atoms with Crippen molar-refractivity contribution in [3.8, 4) is 0 Å². The lowest BCUT2D eigenvalue weighted by atomic mass is 10.2. The van der Waals surface area contributed by atoms with Crippen molar-refractivity contribution in [3.05, 3.63) is 29.3 Å². The third-order valence-electron chi connectivity index (χ3n) is 3.28. The molecule has 0 heterocycles. The van der Waals surface area contributed by atoms with E-state index in [0.717, 1.165) is 29.9 Å². The lowest BCUT2D eigenvalue weighted by molar-refractivity contribution is -0.137. The SMILES string of the molecule is Cc1cc(F)c(NC(=O)N(CC(=O)O)CC2CC2)cc1F. The monoisotopic (exact) mass is 298 g/mol. The molecule has 0 radical (unpaired) electrons. The number of carboxylic acids is 1. The average molecular weight is 298 g/mol. The molecular weight excluding hydrogens is 282 g/mol. The van der Waals surface area contributed by atoms with Crippen molar-refractivity contribution in [2.75, 3.05) is 18.4 Å². The molecule has 114 valence electrons. The van der Waals surface area contributed by atoms with E-state index in [9.17, 15) is 18.4 Å². The van der Waals surface area contributed by atoms with Gasteiger partial charge in [0.15, 0.2) is 0 Å². The van der Waals surface area contributed by atoms with Gasteiger partial charge in [-0.3, -0.25) is 4.79 Å². The van der Waals surface area contributed by atoms with Crippen molar-refractivity contribution in [1.29, 1.82) is 0 Å². The molecule has 1 aromatic carbocycles. The van der Waals surface area contributed by atoms with Gasteiger partial charge in [0.05, 0.1) is 5.69 Å². The maximum atomic E-state index is 13.7. The summed E-state index contributed by atoms with van der Waals surface area (Å²) < 4.78 is 27.1. The van der Waals surface area contributed by atoms with Crippen molar-refractivity contribution in [2.24, 2.45) is 5.92 Å². The lowest BCUT2D eigenvalue weighted by Gasteiger charge is -2.21. The van der Waals surface area contributed by atoms with E-state index in [1.165, 1.54) is 6.92 Å². The van der Waals surface area contributed by atoms with Crippen LogP contribution in [-0.2, 0) is 4.79 Å². The number of aliphatic carboxylic acids is 1. The van der Waals surface area contributed by atoms with Crippen LogP contribution in [0.15, 0.2) is 12.1 Å². The van der Waals surface area contributed by atoms with Gasteiger partial charge in [0.1, 0.15) is 18.2 Å². The number of aryl methyl sites for hydroxylation is 1. The van der Waals surface area contributed by atoms with Crippen molar-refractivity contribution in [3.63, 3.8) is 0 Å². The first kappa shape index (κ1) is 15.2. The minimum absolute atomic E-state index is 0.130. The molecule has 2 rings (SSSR count). The zero-order valence-corrected chi connectivity index (χ0v) is 11.5. The van der Waals surface area contributed by atoms with Crippen LogP contribution in [0.3, 0.4) is 0 Å². The highest BCUT2D eigenvalue weighted by Crippen LogP contribution is 2.30. The number of anilines is 1. The Bertz CT molecular complexity index is 574. The lowest BCUT2D eigenvalue weighted by Crippen LogP contribution is -2.40. The van der Waals surface area contributed by atoms with Crippen molar-refractivity contribution < 1.29 is 23.5 Å². The molecule has 1 fully saturated rings. The Kier molecular flexibility index (Phi) is 4.40. The molecule has 1 aliphatic carbocycles. The van der Waals surface area contributed by atoms with Crippen molar-refractivity contribution >= 4 is 17.7 Å². The zero-order chi connectivity index (χ0) is 15.6. The number of nitrogens with zero attached hydrogens (tertiary/aromatic N) is 1. The number of carbonyl (C=O) groups is 2. The van der Waals surface area contributed by atoms with Crippen LogP contribution in [-0.4, -0.2) is 35.1 Å². The smallest absolute Gasteiger partial charge is 0.323 e. The second kappa shape index (κ2) is 6.07. The number of nitrogens with one attached hydrogen (secondary N) is 1. The highest BCUT2D eigenvalue weighted by atomic mass is 19.1. The number of benzene rings is 1. The van der Waals surface area contributed by atoms with Crippen molar-refractivity contribution in [2.45, 2.75) is 19.8 Å². The summed E-state index contributed by atoms with van der Waals surface area (Å²) in [5, 5.41) is 11.0. The van der Waals surface area contributed by atoms with Crippen LogP contribution in [0.25, 0.3) is 0 Å². The molecule has 0 spiro atoms. The minimum atomic E-state index is -1.15. The van der Waals surface area contributed by atoms with Gasteiger partial charge in [0.25, 0.3) is 0 Å². The Hall–Kier alpha value is -2.18. The zero-order valence-electron chi connectivity index (χ0n) is 11.5. The van der Waals surface area contributed by atoms with Gasteiger partial charge in [-0.25, -0.2) is 13.6 Å². The summed E-state index contributed by atoms with van der Waals surface area (Å²) in [7, 11) is 0. The van der Waals surface area contributed by atoms with E-state index < -0.39 is 30.2 Å². The van der Waals surface area contributed by atoms with Gasteiger partial charge in [-0.15, -0.1) is 0 Å². The molecule has 5 nitrogen and oxygen atoms in total. The molecule has 0 saturated heterocycles. The maximum absolute atomic E-state index is 13.7. The third kappa shape index (κ3) is 4.14. The van der Waals surface area contributed by atoms with Gasteiger partial charge < -0.3 is 15.3 Å². The quantitative estimate of drug-likeness (QED) is 0.878. The predicted molar refractivity (Wildman–Crippen MR) is 72.0 cm³/mol. The molecule has 0 bridgehead atoms. The number of urea groups is 1. The Labute approximate surface area is 120 Å². The first-order valence-electron chi connectivity index (χ1n) is 6.60. The summed E-state index contributed by atoms with van der Waals surface area (Å²) >= 11 is 0. The molecule has 0 unspecified atom stereocenters. The molecule has 1 saturated carbocycles. The van der Waals surface area contributed by atoms with Gasteiger partial charge in [0, 0.05) is 12.6 Å². The van der Waals surface area contributed by atoms with E-state index in [2.05, 4.69) is 5.32 Å². The number of carbonyl (C=O) groups excluding carboxylic acids is 1. The van der Waals surface area contributed by atoms with Crippen LogP contribution in [0.2, 0.25) is 0 Å². The van der Waals surface area contributed by atoms with Gasteiger partial charge >= 0.3 is 12.0 Å². The number of hydrogen-bond donors (Lipinski definition) is 2. The van der Waals surface area contributed by atoms with Gasteiger partial charge in [-0.05, 0) is 37.3 Å². The minimum Gasteiger partial charge on any atom is -0.480 e. The molecule has 2 N–H and O–H groups in total. The van der Waals surface area contributed by atoms with Gasteiger partial charge in [0.2, 0.25) is 0 Å². The van der Waals surface area contributed by atoms with E-state index in [4.69, 9.17) is 5.11 Å². The van der Waals surface area contributed by atoms with E-state index in [-0.39, 0.29) is 17.2 Å². The second-order valence-electron chi connectivity index (χ2n) is 5.23. The van der Waals surface area contributed by atoms with Gasteiger partial charge in [-0.1, -0.05) is 0 Å². The Morgan fingerprint density at radius 2 is 2.00 bits per heavy atom. The first-order chi connectivity index (χ1) is 9.86. The fraction of sp³-hybridized carbons (Fsp3) is 0.429. The molecule has 0 aliphatic heterocycles. The normalized spacial score (nSPS) is 13.9. The summed E-state index contributed by atoms with van der Waals surface area (Å²) in [5.41, 5.74) is -0.167. The van der Waals surface area contributed by atoms with Crippen LogP contribution >= 0.6 is 0 Å². The number of halogens is 2. The standard InChI is InChI=1S/C14H16F2N2O3/c1-8-4-11(16)12(5-10(8)15)17-14(21)18(7-13(19)20)6-9-2-3-9/h4-5,9H,2-3,6-7H2,1H3,(H,17,21)(H,19,20). The molecule has 1 aromatic rings. The second-order valence-corrected chi connectivity index (χ2v) is 5.23. The number of amides is 2. The third-order valence-corrected chi connectivity index (χ3v) is 3.28. The van der Waals surface area contributed by atoms with Gasteiger partial charge in [-0.2, -0.15) is 0 Å². The van der Waals surface area contributed by atoms with Crippen LogP contribution in [0, 0.1) is 24.5 Å². The fourth-order valence-electron chi connectivity index (χ4n) is 1.93. The highest BCUT2D eigenvalue weighted by molar-refractivity contribution is 5.91. The highest BCUT2D eigenvalue weighted by Gasteiger charge is 2.28. The summed E-state index contributed by atoms with van der Waals surface area (Å²) in [6.07, 6.45) is 1.88. The van der Waals surface area contributed by atoms with E-state index >= 15 is 0 Å². The summed E-state index contributed by atoms with van der Waals surface area (Å²) in [5.74, 6) is -2.27.